The summed E-state index contributed by atoms with van der Waals surface area (Å²) >= 11 is 0. The Morgan fingerprint density at radius 3 is 2.41 bits per heavy atom. The molecule has 0 spiro atoms. The van der Waals surface area contributed by atoms with Crippen molar-refractivity contribution in [1.82, 2.24) is 20.4 Å². The number of nitrogens with one attached hydrogen (secondary N) is 2. The number of likely N-dealkylation sites (tertiary alicyclic amines) is 1. The molecule has 1 amide bonds. The molecule has 0 aromatic heterocycles. The lowest BCUT2D eigenvalue weighted by molar-refractivity contribution is 0.0486. The Balaban J connectivity index is 2.41. The second-order valence-electron chi connectivity index (χ2n) is 9.72. The van der Waals surface area contributed by atoms with Crippen LogP contribution in [0.2, 0.25) is 0 Å². The predicted octanol–water partition coefficient (Wildman–Crippen LogP) is 3.16. The first kappa shape index (κ1) is 25.5. The largest absolute Gasteiger partial charge is 0.444 e. The van der Waals surface area contributed by atoms with E-state index < -0.39 is 5.60 Å². The molecule has 1 rings (SSSR count). The van der Waals surface area contributed by atoms with E-state index in [0.717, 1.165) is 31.4 Å². The van der Waals surface area contributed by atoms with Crippen LogP contribution >= 0.6 is 0 Å². The average Bonchev–Trinajstić information content (AvgIpc) is 2.61. The third-order valence-electron chi connectivity index (χ3n) is 5.53. The van der Waals surface area contributed by atoms with Crippen molar-refractivity contribution in [3.63, 3.8) is 0 Å². The fraction of sp³-hybridized carbons (Fsp3) is 0.909. The molecule has 1 aliphatic rings. The Labute approximate surface area is 178 Å². The molecule has 0 aliphatic carbocycles. The summed E-state index contributed by atoms with van der Waals surface area (Å²) in [5.74, 6) is 2.05. The molecule has 1 unspecified atom stereocenters. The fourth-order valence-electron chi connectivity index (χ4n) is 3.59. The normalized spacial score (nSPS) is 17.9. The van der Waals surface area contributed by atoms with Crippen LogP contribution in [0.1, 0.15) is 60.3 Å². The van der Waals surface area contributed by atoms with Crippen LogP contribution in [0.4, 0.5) is 4.79 Å². The number of rotatable bonds is 8. The molecule has 7 nitrogen and oxygen atoms in total. The summed E-state index contributed by atoms with van der Waals surface area (Å²) in [4.78, 5) is 21.1. The van der Waals surface area contributed by atoms with Gasteiger partial charge in [0.1, 0.15) is 5.60 Å². The molecule has 0 aromatic carbocycles. The topological polar surface area (TPSA) is 69.2 Å². The molecule has 7 heteroatoms. The number of hydrogen-bond donors (Lipinski definition) is 2. The van der Waals surface area contributed by atoms with Gasteiger partial charge in [0.25, 0.3) is 0 Å². The first-order valence-corrected chi connectivity index (χ1v) is 11.1. The quantitative estimate of drug-likeness (QED) is 0.474. The van der Waals surface area contributed by atoms with Gasteiger partial charge >= 0.3 is 6.09 Å². The number of amides is 1. The summed E-state index contributed by atoms with van der Waals surface area (Å²) in [7, 11) is 6.08. The highest BCUT2D eigenvalue weighted by Gasteiger charge is 2.22. The van der Waals surface area contributed by atoms with Gasteiger partial charge < -0.3 is 25.2 Å². The van der Waals surface area contributed by atoms with Gasteiger partial charge in [0.05, 0.1) is 0 Å². The molecule has 1 aliphatic heterocycles. The number of guanidine groups is 1. The van der Waals surface area contributed by atoms with Crippen molar-refractivity contribution in [2.45, 2.75) is 71.9 Å². The van der Waals surface area contributed by atoms with E-state index in [9.17, 15) is 4.79 Å². The van der Waals surface area contributed by atoms with Crippen LogP contribution < -0.4 is 10.6 Å². The van der Waals surface area contributed by atoms with Crippen LogP contribution in [0, 0.1) is 11.8 Å². The first-order chi connectivity index (χ1) is 13.5. The van der Waals surface area contributed by atoms with Crippen LogP contribution in [-0.4, -0.2) is 80.8 Å². The SMILES string of the molecule is CN=C(NCCC1CCN(C)CC1)N(C)CCC(NC(=O)OC(C)(C)C)C(C)C. The van der Waals surface area contributed by atoms with E-state index in [0.29, 0.717) is 5.92 Å². The van der Waals surface area contributed by atoms with Crippen LogP contribution in [0.15, 0.2) is 4.99 Å². The smallest absolute Gasteiger partial charge is 0.407 e. The number of carbonyl (C=O) groups excluding carboxylic acids is 1. The van der Waals surface area contributed by atoms with Gasteiger partial charge in [0.2, 0.25) is 0 Å². The Kier molecular flexibility index (Phi) is 10.8. The number of nitrogens with zero attached hydrogens (tertiary/aromatic N) is 3. The van der Waals surface area contributed by atoms with Gasteiger partial charge in [0, 0.05) is 33.2 Å². The Bertz CT molecular complexity index is 508. The lowest BCUT2D eigenvalue weighted by atomic mass is 9.94. The zero-order valence-corrected chi connectivity index (χ0v) is 20.0. The lowest BCUT2D eigenvalue weighted by Crippen LogP contribution is -2.45. The van der Waals surface area contributed by atoms with Crippen LogP contribution in [0.25, 0.3) is 0 Å². The molecule has 170 valence electrons. The Hall–Kier alpha value is -1.50. The maximum Gasteiger partial charge on any atom is 0.407 e. The van der Waals surface area contributed by atoms with Gasteiger partial charge in [-0.2, -0.15) is 0 Å². The molecule has 1 atom stereocenters. The van der Waals surface area contributed by atoms with Crippen molar-refractivity contribution >= 4 is 12.1 Å². The molecule has 1 heterocycles. The Morgan fingerprint density at radius 1 is 1.28 bits per heavy atom. The molecule has 1 fully saturated rings. The van der Waals surface area contributed by atoms with Crippen molar-refractivity contribution < 1.29 is 9.53 Å². The first-order valence-electron chi connectivity index (χ1n) is 11.1. The fourth-order valence-corrected chi connectivity index (χ4v) is 3.59. The van der Waals surface area contributed by atoms with E-state index in [4.69, 9.17) is 4.74 Å². The molecule has 0 bridgehead atoms. The maximum atomic E-state index is 12.1. The predicted molar refractivity (Wildman–Crippen MR) is 121 cm³/mol. The number of carbonyl (C=O) groups is 1. The van der Waals surface area contributed by atoms with E-state index in [2.05, 4.69) is 53.4 Å². The summed E-state index contributed by atoms with van der Waals surface area (Å²) in [6.07, 6.45) is 4.26. The summed E-state index contributed by atoms with van der Waals surface area (Å²) in [6.45, 7) is 14.1. The second-order valence-corrected chi connectivity index (χ2v) is 9.72. The van der Waals surface area contributed by atoms with E-state index in [1.165, 1.54) is 32.4 Å². The third-order valence-corrected chi connectivity index (χ3v) is 5.53. The van der Waals surface area contributed by atoms with Crippen LogP contribution in [-0.2, 0) is 4.74 Å². The van der Waals surface area contributed by atoms with Gasteiger partial charge in [-0.1, -0.05) is 13.8 Å². The standard InChI is InChI=1S/C22H45N5O2/c1-17(2)19(25-21(28)29-22(3,4)5)12-16-27(8)20(23-6)24-13-9-18-10-14-26(7)15-11-18/h17-19H,9-16H2,1-8H3,(H,23,24)(H,25,28). The minimum atomic E-state index is -0.484. The van der Waals surface area contributed by atoms with Crippen molar-refractivity contribution in [2.75, 3.05) is 47.3 Å². The summed E-state index contributed by atoms with van der Waals surface area (Å²) in [5, 5.41) is 6.53. The van der Waals surface area contributed by atoms with Gasteiger partial charge in [-0.25, -0.2) is 4.79 Å². The van der Waals surface area contributed by atoms with Crippen molar-refractivity contribution in [3.05, 3.63) is 0 Å². The molecule has 1 saturated heterocycles. The van der Waals surface area contributed by atoms with Gasteiger partial charge in [0.15, 0.2) is 5.96 Å². The van der Waals surface area contributed by atoms with E-state index >= 15 is 0 Å². The van der Waals surface area contributed by atoms with E-state index in [1.807, 2.05) is 27.8 Å². The number of aliphatic imine (C=N–C) groups is 1. The van der Waals surface area contributed by atoms with Gasteiger partial charge in [-0.15, -0.1) is 0 Å². The Morgan fingerprint density at radius 2 is 1.90 bits per heavy atom. The van der Waals surface area contributed by atoms with E-state index in [1.54, 1.807) is 0 Å². The molecule has 29 heavy (non-hydrogen) atoms. The highest BCUT2D eigenvalue weighted by Crippen LogP contribution is 2.18. The van der Waals surface area contributed by atoms with Gasteiger partial charge in [-0.05, 0) is 78.4 Å². The number of hydrogen-bond acceptors (Lipinski definition) is 4. The van der Waals surface area contributed by atoms with Crippen LogP contribution in [0.3, 0.4) is 0 Å². The highest BCUT2D eigenvalue weighted by atomic mass is 16.6. The molecule has 0 saturated carbocycles. The highest BCUT2D eigenvalue weighted by molar-refractivity contribution is 5.79. The van der Waals surface area contributed by atoms with Crippen LogP contribution in [0.5, 0.6) is 0 Å². The minimum Gasteiger partial charge on any atom is -0.444 e. The number of alkyl carbamates (subject to hydrolysis) is 1. The average molecular weight is 412 g/mol. The van der Waals surface area contributed by atoms with Crippen molar-refractivity contribution in [3.8, 4) is 0 Å². The minimum absolute atomic E-state index is 0.0598. The zero-order valence-electron chi connectivity index (χ0n) is 20.0. The zero-order chi connectivity index (χ0) is 22.0. The molecule has 2 N–H and O–H groups in total. The van der Waals surface area contributed by atoms with Gasteiger partial charge in [-0.3, -0.25) is 4.99 Å². The second kappa shape index (κ2) is 12.3. The molecule has 0 aromatic rings. The molecular formula is C22H45N5O2. The number of ether oxygens (including phenoxy) is 1. The lowest BCUT2D eigenvalue weighted by Gasteiger charge is -2.30. The summed E-state index contributed by atoms with van der Waals surface area (Å²) < 4.78 is 5.41. The summed E-state index contributed by atoms with van der Waals surface area (Å²) in [6, 6.07) is 0.0598. The maximum absolute atomic E-state index is 12.1. The monoisotopic (exact) mass is 411 g/mol. The van der Waals surface area contributed by atoms with E-state index in [-0.39, 0.29) is 12.1 Å². The number of piperidine rings is 1. The van der Waals surface area contributed by atoms with Crippen molar-refractivity contribution in [1.29, 1.82) is 0 Å². The molecular weight excluding hydrogens is 366 g/mol. The third kappa shape index (κ3) is 10.7. The van der Waals surface area contributed by atoms with Crippen molar-refractivity contribution in [2.24, 2.45) is 16.8 Å². The summed E-state index contributed by atoms with van der Waals surface area (Å²) in [5.41, 5.74) is -0.484. The molecule has 0 radical (unpaired) electrons.